The SMILES string of the molecule is CCCS(=O)(=O)N(Cc1ccc(F)cc1)c1cnn(C2CCN(C(=O)OC(C)(C)C)CC2)c1. The first-order valence-corrected chi connectivity index (χ1v) is 12.9. The summed E-state index contributed by atoms with van der Waals surface area (Å²) >= 11 is 0. The van der Waals surface area contributed by atoms with Crippen molar-refractivity contribution in [2.75, 3.05) is 23.1 Å². The van der Waals surface area contributed by atoms with E-state index in [0.29, 0.717) is 43.6 Å². The second kappa shape index (κ2) is 10.1. The largest absolute Gasteiger partial charge is 0.444 e. The summed E-state index contributed by atoms with van der Waals surface area (Å²) in [5.41, 5.74) is 0.625. The maximum atomic E-state index is 13.3. The molecule has 2 aromatic rings. The van der Waals surface area contributed by atoms with Gasteiger partial charge in [-0.3, -0.25) is 8.99 Å². The topological polar surface area (TPSA) is 84.7 Å². The van der Waals surface area contributed by atoms with Gasteiger partial charge in [0.05, 0.1) is 30.2 Å². The molecule has 10 heteroatoms. The highest BCUT2D eigenvalue weighted by Crippen LogP contribution is 2.27. The third kappa shape index (κ3) is 6.69. The lowest BCUT2D eigenvalue weighted by Gasteiger charge is -2.33. The number of amides is 1. The molecule has 182 valence electrons. The lowest BCUT2D eigenvalue weighted by atomic mass is 10.1. The number of benzene rings is 1. The number of halogens is 1. The Balaban J connectivity index is 1.73. The minimum absolute atomic E-state index is 0.00759. The fourth-order valence-electron chi connectivity index (χ4n) is 3.77. The van der Waals surface area contributed by atoms with E-state index in [-0.39, 0.29) is 30.2 Å². The average Bonchev–Trinajstić information content (AvgIpc) is 3.21. The fourth-order valence-corrected chi connectivity index (χ4v) is 5.27. The van der Waals surface area contributed by atoms with Gasteiger partial charge in [-0.05, 0) is 57.7 Å². The molecule has 8 nitrogen and oxygen atoms in total. The normalized spacial score (nSPS) is 15.5. The molecular formula is C23H33FN4O4S. The monoisotopic (exact) mass is 480 g/mol. The molecule has 33 heavy (non-hydrogen) atoms. The molecule has 1 aromatic heterocycles. The van der Waals surface area contributed by atoms with Gasteiger partial charge in [-0.1, -0.05) is 19.1 Å². The Morgan fingerprint density at radius 1 is 1.21 bits per heavy atom. The smallest absolute Gasteiger partial charge is 0.410 e. The molecule has 0 unspecified atom stereocenters. The van der Waals surface area contributed by atoms with E-state index in [1.807, 2.05) is 27.7 Å². The second-order valence-electron chi connectivity index (χ2n) is 9.33. The van der Waals surface area contributed by atoms with E-state index in [0.717, 1.165) is 0 Å². The first-order chi connectivity index (χ1) is 15.5. The third-order valence-electron chi connectivity index (χ3n) is 5.40. The van der Waals surface area contributed by atoms with Crippen molar-refractivity contribution in [3.05, 3.63) is 48.0 Å². The Bertz CT molecular complexity index is 1040. The number of likely N-dealkylation sites (tertiary alicyclic amines) is 1. The Morgan fingerprint density at radius 2 is 1.85 bits per heavy atom. The molecule has 1 fully saturated rings. The van der Waals surface area contributed by atoms with Crippen LogP contribution in [0.1, 0.15) is 58.6 Å². The van der Waals surface area contributed by atoms with Crippen LogP contribution in [0.2, 0.25) is 0 Å². The van der Waals surface area contributed by atoms with Crippen LogP contribution in [0.5, 0.6) is 0 Å². The van der Waals surface area contributed by atoms with Gasteiger partial charge in [0.2, 0.25) is 10.0 Å². The third-order valence-corrected chi connectivity index (χ3v) is 7.34. The van der Waals surface area contributed by atoms with Crippen LogP contribution in [0.3, 0.4) is 0 Å². The van der Waals surface area contributed by atoms with Crippen molar-refractivity contribution < 1.29 is 22.3 Å². The number of rotatable bonds is 7. The van der Waals surface area contributed by atoms with Gasteiger partial charge in [-0.25, -0.2) is 17.6 Å². The summed E-state index contributed by atoms with van der Waals surface area (Å²) in [6, 6.07) is 5.87. The summed E-state index contributed by atoms with van der Waals surface area (Å²) in [6.45, 7) is 8.53. The van der Waals surface area contributed by atoms with Crippen molar-refractivity contribution in [3.63, 3.8) is 0 Å². The first kappa shape index (κ1) is 25.0. The van der Waals surface area contributed by atoms with Crippen molar-refractivity contribution in [1.29, 1.82) is 0 Å². The van der Waals surface area contributed by atoms with E-state index >= 15 is 0 Å². The van der Waals surface area contributed by atoms with Crippen molar-refractivity contribution in [2.24, 2.45) is 0 Å². The summed E-state index contributed by atoms with van der Waals surface area (Å²) in [5, 5.41) is 4.44. The lowest BCUT2D eigenvalue weighted by Crippen LogP contribution is -2.42. The number of sulfonamides is 1. The van der Waals surface area contributed by atoms with Crippen LogP contribution in [0.25, 0.3) is 0 Å². The van der Waals surface area contributed by atoms with Crippen molar-refractivity contribution >= 4 is 21.8 Å². The van der Waals surface area contributed by atoms with E-state index in [9.17, 15) is 17.6 Å². The van der Waals surface area contributed by atoms with Crippen LogP contribution in [-0.4, -0.2) is 53.6 Å². The number of piperidine rings is 1. The molecule has 1 aromatic carbocycles. The van der Waals surface area contributed by atoms with Gasteiger partial charge < -0.3 is 9.64 Å². The number of hydrogen-bond donors (Lipinski definition) is 0. The van der Waals surface area contributed by atoms with Crippen LogP contribution < -0.4 is 4.31 Å². The first-order valence-electron chi connectivity index (χ1n) is 11.3. The molecule has 1 amide bonds. The molecule has 1 aliphatic heterocycles. The number of ether oxygens (including phenoxy) is 1. The molecule has 0 N–H and O–H groups in total. The molecule has 0 saturated carbocycles. The second-order valence-corrected chi connectivity index (χ2v) is 11.3. The molecule has 0 spiro atoms. The van der Waals surface area contributed by atoms with Crippen LogP contribution in [-0.2, 0) is 21.3 Å². The van der Waals surface area contributed by atoms with Crippen LogP contribution in [0.15, 0.2) is 36.7 Å². The fraction of sp³-hybridized carbons (Fsp3) is 0.565. The highest BCUT2D eigenvalue weighted by atomic mass is 32.2. The molecular weight excluding hydrogens is 447 g/mol. The van der Waals surface area contributed by atoms with Gasteiger partial charge >= 0.3 is 6.09 Å². The Labute approximate surface area is 195 Å². The number of nitrogens with zero attached hydrogens (tertiary/aromatic N) is 4. The number of carbonyl (C=O) groups excluding carboxylic acids is 1. The molecule has 0 atom stereocenters. The van der Waals surface area contributed by atoms with Gasteiger partial charge in [0, 0.05) is 19.3 Å². The molecule has 0 radical (unpaired) electrons. The zero-order valence-electron chi connectivity index (χ0n) is 19.7. The van der Waals surface area contributed by atoms with E-state index in [1.54, 1.807) is 34.1 Å². The maximum absolute atomic E-state index is 13.3. The molecule has 1 aliphatic rings. The summed E-state index contributed by atoms with van der Waals surface area (Å²) < 4.78 is 47.8. The highest BCUT2D eigenvalue weighted by molar-refractivity contribution is 7.92. The predicted octanol–water partition coefficient (Wildman–Crippen LogP) is 4.34. The number of hydrogen-bond acceptors (Lipinski definition) is 5. The summed E-state index contributed by atoms with van der Waals surface area (Å²) in [7, 11) is -3.57. The van der Waals surface area contributed by atoms with Crippen LogP contribution in [0.4, 0.5) is 14.9 Å². The minimum atomic E-state index is -3.57. The van der Waals surface area contributed by atoms with Crippen molar-refractivity contribution in [2.45, 2.75) is 65.1 Å². The van der Waals surface area contributed by atoms with E-state index in [2.05, 4.69) is 5.10 Å². The minimum Gasteiger partial charge on any atom is -0.444 e. The van der Waals surface area contributed by atoms with E-state index in [1.165, 1.54) is 16.4 Å². The standard InChI is InChI=1S/C23H33FN4O4S/c1-5-14-33(30,31)28(16-18-6-8-19(24)9-7-18)21-15-25-27(17-21)20-10-12-26(13-11-20)22(29)32-23(2,3)4/h6-9,15,17,20H,5,10-14,16H2,1-4H3. The summed E-state index contributed by atoms with van der Waals surface area (Å²) in [6.07, 6.45) is 4.85. The highest BCUT2D eigenvalue weighted by Gasteiger charge is 2.29. The molecule has 0 aliphatic carbocycles. The zero-order valence-corrected chi connectivity index (χ0v) is 20.5. The zero-order chi connectivity index (χ0) is 24.2. The molecule has 0 bridgehead atoms. The maximum Gasteiger partial charge on any atom is 0.410 e. The van der Waals surface area contributed by atoms with Gasteiger partial charge in [0.1, 0.15) is 11.4 Å². The van der Waals surface area contributed by atoms with Crippen LogP contribution in [0, 0.1) is 5.82 Å². The molecule has 2 heterocycles. The lowest BCUT2D eigenvalue weighted by molar-refractivity contribution is 0.0184. The predicted molar refractivity (Wildman–Crippen MR) is 125 cm³/mol. The summed E-state index contributed by atoms with van der Waals surface area (Å²) in [4.78, 5) is 14.0. The summed E-state index contributed by atoms with van der Waals surface area (Å²) in [5.74, 6) is -0.361. The average molecular weight is 481 g/mol. The van der Waals surface area contributed by atoms with Gasteiger partial charge in [-0.15, -0.1) is 0 Å². The Kier molecular flexibility index (Phi) is 7.66. The Hall–Kier alpha value is -2.62. The Morgan fingerprint density at radius 3 is 2.42 bits per heavy atom. The van der Waals surface area contributed by atoms with E-state index < -0.39 is 15.6 Å². The molecule has 3 rings (SSSR count). The molecule has 1 saturated heterocycles. The quantitative estimate of drug-likeness (QED) is 0.589. The van der Waals surface area contributed by atoms with Crippen molar-refractivity contribution in [3.8, 4) is 0 Å². The van der Waals surface area contributed by atoms with Gasteiger partial charge in [-0.2, -0.15) is 5.10 Å². The van der Waals surface area contributed by atoms with Crippen LogP contribution >= 0.6 is 0 Å². The number of anilines is 1. The number of aromatic nitrogens is 2. The van der Waals surface area contributed by atoms with Gasteiger partial charge in [0.25, 0.3) is 0 Å². The number of carbonyl (C=O) groups is 1. The van der Waals surface area contributed by atoms with Crippen molar-refractivity contribution in [1.82, 2.24) is 14.7 Å². The van der Waals surface area contributed by atoms with E-state index in [4.69, 9.17) is 4.74 Å². The van der Waals surface area contributed by atoms with Gasteiger partial charge in [0.15, 0.2) is 0 Å².